The van der Waals surface area contributed by atoms with E-state index in [4.69, 9.17) is 23.2 Å². The van der Waals surface area contributed by atoms with Crippen LogP contribution in [-0.4, -0.2) is 4.98 Å². The van der Waals surface area contributed by atoms with Crippen molar-refractivity contribution in [3.63, 3.8) is 0 Å². The van der Waals surface area contributed by atoms with Crippen molar-refractivity contribution in [1.29, 1.82) is 0 Å². The minimum Gasteiger partial charge on any atom is -0.241 e. The van der Waals surface area contributed by atoms with Crippen LogP contribution in [0.3, 0.4) is 0 Å². The Morgan fingerprint density at radius 1 is 1.50 bits per heavy atom. The maximum atomic E-state index is 5.62. The SMILES string of the molecule is Cc1nc(Cl)ccc1CCl. The molecule has 0 aliphatic carbocycles. The highest BCUT2D eigenvalue weighted by Crippen LogP contribution is 2.11. The second-order valence-corrected chi connectivity index (χ2v) is 2.67. The van der Waals surface area contributed by atoms with Crippen molar-refractivity contribution < 1.29 is 0 Å². The van der Waals surface area contributed by atoms with Gasteiger partial charge in [-0.2, -0.15) is 0 Å². The van der Waals surface area contributed by atoms with Crippen LogP contribution in [0.15, 0.2) is 12.1 Å². The first kappa shape index (κ1) is 7.83. The molecule has 1 nitrogen and oxygen atoms in total. The lowest BCUT2D eigenvalue weighted by Crippen LogP contribution is -1.88. The van der Waals surface area contributed by atoms with Crippen LogP contribution >= 0.6 is 23.2 Å². The van der Waals surface area contributed by atoms with Crippen molar-refractivity contribution in [2.45, 2.75) is 12.8 Å². The summed E-state index contributed by atoms with van der Waals surface area (Å²) in [5, 5.41) is 0.520. The summed E-state index contributed by atoms with van der Waals surface area (Å²) in [6.45, 7) is 1.89. The Balaban J connectivity index is 3.07. The number of rotatable bonds is 1. The molecule has 3 heteroatoms. The largest absolute Gasteiger partial charge is 0.241 e. The number of hydrogen-bond donors (Lipinski definition) is 0. The number of aromatic nitrogens is 1. The van der Waals surface area contributed by atoms with E-state index < -0.39 is 0 Å². The normalized spacial score (nSPS) is 9.90. The van der Waals surface area contributed by atoms with Crippen molar-refractivity contribution in [1.82, 2.24) is 4.98 Å². The summed E-state index contributed by atoms with van der Waals surface area (Å²) in [6.07, 6.45) is 0. The predicted molar refractivity (Wildman–Crippen MR) is 43.5 cm³/mol. The van der Waals surface area contributed by atoms with Crippen molar-refractivity contribution in [3.05, 3.63) is 28.5 Å². The van der Waals surface area contributed by atoms with Gasteiger partial charge in [0.2, 0.25) is 0 Å². The maximum Gasteiger partial charge on any atom is 0.129 e. The molecule has 0 amide bonds. The second kappa shape index (κ2) is 3.22. The zero-order valence-electron chi connectivity index (χ0n) is 5.56. The van der Waals surface area contributed by atoms with E-state index in [2.05, 4.69) is 4.98 Å². The number of hydrogen-bond acceptors (Lipinski definition) is 1. The molecule has 10 heavy (non-hydrogen) atoms. The van der Waals surface area contributed by atoms with E-state index in [1.165, 1.54) is 0 Å². The average molecular weight is 176 g/mol. The quantitative estimate of drug-likeness (QED) is 0.473. The third kappa shape index (κ3) is 1.61. The summed E-state index contributed by atoms with van der Waals surface area (Å²) < 4.78 is 0. The minimum atomic E-state index is 0.496. The molecule has 0 radical (unpaired) electrons. The van der Waals surface area contributed by atoms with Crippen molar-refractivity contribution in [2.24, 2.45) is 0 Å². The molecule has 0 saturated heterocycles. The van der Waals surface area contributed by atoms with E-state index >= 15 is 0 Å². The molecular formula is C7H7Cl2N. The van der Waals surface area contributed by atoms with E-state index in [1.54, 1.807) is 6.07 Å². The molecule has 0 atom stereocenters. The Morgan fingerprint density at radius 3 is 2.70 bits per heavy atom. The third-order valence-corrected chi connectivity index (χ3v) is 1.80. The van der Waals surface area contributed by atoms with Crippen molar-refractivity contribution >= 4 is 23.2 Å². The number of nitrogens with zero attached hydrogens (tertiary/aromatic N) is 1. The minimum absolute atomic E-state index is 0.496. The zero-order valence-corrected chi connectivity index (χ0v) is 7.08. The first-order valence-corrected chi connectivity index (χ1v) is 3.83. The lowest BCUT2D eigenvalue weighted by atomic mass is 10.2. The first-order chi connectivity index (χ1) is 4.74. The summed E-state index contributed by atoms with van der Waals surface area (Å²) in [5.41, 5.74) is 1.94. The molecule has 1 rings (SSSR count). The van der Waals surface area contributed by atoms with Crippen LogP contribution < -0.4 is 0 Å². The molecule has 1 aromatic rings. The molecule has 0 unspecified atom stereocenters. The molecule has 0 N–H and O–H groups in total. The van der Waals surface area contributed by atoms with Gasteiger partial charge < -0.3 is 0 Å². The maximum absolute atomic E-state index is 5.62. The number of aryl methyl sites for hydroxylation is 1. The van der Waals surface area contributed by atoms with E-state index in [1.807, 2.05) is 13.0 Å². The fourth-order valence-electron chi connectivity index (χ4n) is 0.700. The third-order valence-electron chi connectivity index (χ3n) is 1.31. The summed E-state index contributed by atoms with van der Waals surface area (Å²) in [4.78, 5) is 4.03. The van der Waals surface area contributed by atoms with Gasteiger partial charge in [0, 0.05) is 11.6 Å². The summed E-state index contributed by atoms with van der Waals surface area (Å²) >= 11 is 11.2. The molecule has 0 aromatic carbocycles. The highest BCUT2D eigenvalue weighted by Gasteiger charge is 1.97. The fraction of sp³-hybridized carbons (Fsp3) is 0.286. The van der Waals surface area contributed by atoms with Gasteiger partial charge in [-0.3, -0.25) is 0 Å². The molecule has 0 saturated carbocycles. The van der Waals surface area contributed by atoms with Crippen LogP contribution in [0.4, 0.5) is 0 Å². The van der Waals surface area contributed by atoms with Crippen LogP contribution in [-0.2, 0) is 5.88 Å². The lowest BCUT2D eigenvalue weighted by molar-refractivity contribution is 1.14. The summed E-state index contributed by atoms with van der Waals surface area (Å²) in [6, 6.07) is 3.63. The molecule has 0 spiro atoms. The Kier molecular flexibility index (Phi) is 2.52. The van der Waals surface area contributed by atoms with Gasteiger partial charge in [-0.1, -0.05) is 17.7 Å². The highest BCUT2D eigenvalue weighted by atomic mass is 35.5. The van der Waals surface area contributed by atoms with Gasteiger partial charge in [0.1, 0.15) is 5.15 Å². The van der Waals surface area contributed by atoms with Crippen LogP contribution in [0.5, 0.6) is 0 Å². The Morgan fingerprint density at radius 2 is 2.20 bits per heavy atom. The standard InChI is InChI=1S/C7H7Cl2N/c1-5-6(4-8)2-3-7(9)10-5/h2-3H,4H2,1H3. The monoisotopic (exact) mass is 175 g/mol. The van der Waals surface area contributed by atoms with Crippen LogP contribution in [0, 0.1) is 6.92 Å². The summed E-state index contributed by atoms with van der Waals surface area (Å²) in [7, 11) is 0. The Hall–Kier alpha value is -0.270. The van der Waals surface area contributed by atoms with Crippen molar-refractivity contribution in [2.75, 3.05) is 0 Å². The molecule has 0 bridgehead atoms. The number of alkyl halides is 1. The van der Waals surface area contributed by atoms with Gasteiger partial charge in [0.25, 0.3) is 0 Å². The predicted octanol–water partition coefficient (Wildman–Crippen LogP) is 2.78. The van der Waals surface area contributed by atoms with Gasteiger partial charge in [0.05, 0.1) is 0 Å². The van der Waals surface area contributed by atoms with Gasteiger partial charge >= 0.3 is 0 Å². The smallest absolute Gasteiger partial charge is 0.129 e. The van der Waals surface area contributed by atoms with Gasteiger partial charge in [-0.05, 0) is 18.6 Å². The van der Waals surface area contributed by atoms with E-state index in [0.717, 1.165) is 11.3 Å². The van der Waals surface area contributed by atoms with Crippen LogP contribution in [0.25, 0.3) is 0 Å². The van der Waals surface area contributed by atoms with Gasteiger partial charge in [-0.25, -0.2) is 4.98 Å². The number of pyridine rings is 1. The summed E-state index contributed by atoms with van der Waals surface area (Å²) in [5.74, 6) is 0.496. The molecule has 1 heterocycles. The molecule has 54 valence electrons. The van der Waals surface area contributed by atoms with Gasteiger partial charge in [0.15, 0.2) is 0 Å². The second-order valence-electron chi connectivity index (χ2n) is 2.01. The Bertz CT molecular complexity index is 235. The topological polar surface area (TPSA) is 12.9 Å². The first-order valence-electron chi connectivity index (χ1n) is 2.92. The van der Waals surface area contributed by atoms with Crippen LogP contribution in [0.2, 0.25) is 5.15 Å². The average Bonchev–Trinajstić information content (AvgIpc) is 1.88. The molecule has 1 aromatic heterocycles. The van der Waals surface area contributed by atoms with E-state index in [-0.39, 0.29) is 0 Å². The van der Waals surface area contributed by atoms with Crippen LogP contribution in [0.1, 0.15) is 11.3 Å². The molecular weight excluding hydrogens is 169 g/mol. The van der Waals surface area contributed by atoms with E-state index in [0.29, 0.717) is 11.0 Å². The van der Waals surface area contributed by atoms with Gasteiger partial charge in [-0.15, -0.1) is 11.6 Å². The Labute approximate surface area is 70.0 Å². The van der Waals surface area contributed by atoms with Crippen molar-refractivity contribution in [3.8, 4) is 0 Å². The zero-order chi connectivity index (χ0) is 7.56. The molecule has 0 aliphatic rings. The molecule has 0 fully saturated rings. The molecule has 0 aliphatic heterocycles. The van der Waals surface area contributed by atoms with E-state index in [9.17, 15) is 0 Å². The number of halogens is 2. The fourth-order valence-corrected chi connectivity index (χ4v) is 1.17. The highest BCUT2D eigenvalue weighted by molar-refractivity contribution is 6.29. The lowest BCUT2D eigenvalue weighted by Gasteiger charge is -1.98.